The van der Waals surface area contributed by atoms with Gasteiger partial charge >= 0.3 is 13.9 Å². The molecule has 112 valence electrons. The van der Waals surface area contributed by atoms with Gasteiger partial charge in [0, 0.05) is 13.0 Å². The molecule has 0 aromatic carbocycles. The summed E-state index contributed by atoms with van der Waals surface area (Å²) in [5.74, 6) is -0.407. The molecule has 0 aromatic rings. The lowest BCUT2D eigenvalue weighted by Crippen LogP contribution is -2.56. The predicted molar refractivity (Wildman–Crippen MR) is 60.2 cm³/mol. The van der Waals surface area contributed by atoms with E-state index in [1.807, 2.05) is 0 Å². The molecular formula is C9H13N2O8P. The minimum Gasteiger partial charge on any atom is -0.394 e. The van der Waals surface area contributed by atoms with E-state index in [1.165, 1.54) is 4.90 Å². The summed E-state index contributed by atoms with van der Waals surface area (Å²) in [7, 11) is -4.21. The van der Waals surface area contributed by atoms with Crippen LogP contribution in [0.25, 0.3) is 0 Å². The molecule has 3 amide bonds. The highest BCUT2D eigenvalue weighted by Gasteiger charge is 2.59. The van der Waals surface area contributed by atoms with Crippen molar-refractivity contribution in [2.24, 2.45) is 0 Å². The maximum absolute atomic E-state index is 11.8. The van der Waals surface area contributed by atoms with E-state index in [1.54, 1.807) is 0 Å². The van der Waals surface area contributed by atoms with E-state index in [9.17, 15) is 24.2 Å². The molecule has 0 bridgehead atoms. The number of urea groups is 1. The van der Waals surface area contributed by atoms with Gasteiger partial charge in [0.1, 0.15) is 18.3 Å². The summed E-state index contributed by atoms with van der Waals surface area (Å²) in [6, 6.07) is -0.674. The second-order valence-corrected chi connectivity index (χ2v) is 6.01. The van der Waals surface area contributed by atoms with Gasteiger partial charge in [-0.1, -0.05) is 0 Å². The van der Waals surface area contributed by atoms with E-state index in [2.05, 4.69) is 5.32 Å². The zero-order valence-corrected chi connectivity index (χ0v) is 11.1. The van der Waals surface area contributed by atoms with Crippen LogP contribution in [0.15, 0.2) is 0 Å². The monoisotopic (exact) mass is 308 g/mol. The Balaban J connectivity index is 1.81. The Labute approximate surface area is 113 Å². The molecule has 0 saturated carbocycles. The summed E-state index contributed by atoms with van der Waals surface area (Å²) in [4.78, 5) is 33.4. The number of carbonyl (C=O) groups excluding carboxylic acids is 2. The zero-order valence-electron chi connectivity index (χ0n) is 10.2. The molecule has 3 rings (SSSR count). The fraction of sp³-hybridized carbons (Fsp3) is 0.778. The highest BCUT2D eigenvalue weighted by molar-refractivity contribution is 7.47. The molecule has 20 heavy (non-hydrogen) atoms. The number of aliphatic hydroxyl groups excluding tert-OH is 1. The third-order valence-electron chi connectivity index (χ3n) is 3.37. The van der Waals surface area contributed by atoms with Crippen LogP contribution < -0.4 is 5.32 Å². The lowest BCUT2D eigenvalue weighted by atomic mass is 10.1. The maximum Gasteiger partial charge on any atom is 0.473 e. The van der Waals surface area contributed by atoms with Crippen molar-refractivity contribution in [1.29, 1.82) is 0 Å². The molecule has 5 atom stereocenters. The largest absolute Gasteiger partial charge is 0.473 e. The first-order chi connectivity index (χ1) is 9.41. The quantitative estimate of drug-likeness (QED) is 0.526. The highest BCUT2D eigenvalue weighted by Crippen LogP contribution is 2.56. The van der Waals surface area contributed by atoms with Gasteiger partial charge in [-0.3, -0.25) is 24.1 Å². The lowest BCUT2D eigenvalue weighted by Gasteiger charge is -2.33. The number of ether oxygens (including phenoxy) is 1. The summed E-state index contributed by atoms with van der Waals surface area (Å²) in [5.41, 5.74) is 0. The van der Waals surface area contributed by atoms with Crippen LogP contribution in [0.2, 0.25) is 0 Å². The van der Waals surface area contributed by atoms with Crippen molar-refractivity contribution in [2.45, 2.75) is 31.0 Å². The van der Waals surface area contributed by atoms with Gasteiger partial charge in [-0.15, -0.1) is 0 Å². The van der Waals surface area contributed by atoms with Crippen LogP contribution in [0.5, 0.6) is 0 Å². The minimum atomic E-state index is -4.21. The lowest BCUT2D eigenvalue weighted by molar-refractivity contribution is -0.125. The molecule has 3 N–H and O–H groups in total. The van der Waals surface area contributed by atoms with Crippen molar-refractivity contribution in [1.82, 2.24) is 10.2 Å². The average Bonchev–Trinajstić information content (AvgIpc) is 2.83. The number of aliphatic hydroxyl groups is 1. The van der Waals surface area contributed by atoms with Crippen molar-refractivity contribution >= 4 is 19.8 Å². The van der Waals surface area contributed by atoms with Crippen molar-refractivity contribution in [3.05, 3.63) is 0 Å². The van der Waals surface area contributed by atoms with Crippen LogP contribution in [0, 0.1) is 0 Å². The van der Waals surface area contributed by atoms with Crippen LogP contribution in [-0.2, 0) is 23.1 Å². The third kappa shape index (κ3) is 2.24. The van der Waals surface area contributed by atoms with Gasteiger partial charge in [0.15, 0.2) is 6.23 Å². The Morgan fingerprint density at radius 1 is 1.35 bits per heavy atom. The number of phosphoric ester groups is 1. The zero-order chi connectivity index (χ0) is 14.5. The van der Waals surface area contributed by atoms with E-state index < -0.39 is 50.9 Å². The maximum atomic E-state index is 11.8. The Kier molecular flexibility index (Phi) is 3.32. The second kappa shape index (κ2) is 4.76. The van der Waals surface area contributed by atoms with Gasteiger partial charge in [0.25, 0.3) is 0 Å². The van der Waals surface area contributed by atoms with Gasteiger partial charge in [-0.05, 0) is 0 Å². The molecule has 0 radical (unpaired) electrons. The van der Waals surface area contributed by atoms with Gasteiger partial charge in [0.05, 0.1) is 6.61 Å². The molecule has 3 aliphatic heterocycles. The van der Waals surface area contributed by atoms with Gasteiger partial charge < -0.3 is 14.7 Å². The normalized spacial score (nSPS) is 44.6. The molecule has 10 nitrogen and oxygen atoms in total. The summed E-state index contributed by atoms with van der Waals surface area (Å²) in [6.45, 7) is -0.356. The standard InChI is InChI=1S/C9H13N2O8P/c12-3-4-6-7(19-20(15,16)18-6)8(17-4)11-2-1-5(13)10-9(11)14/h4,6-8,12H,1-3H2,(H,15,16)(H,10,13,14). The van der Waals surface area contributed by atoms with E-state index in [4.69, 9.17) is 13.8 Å². The Morgan fingerprint density at radius 2 is 2.05 bits per heavy atom. The van der Waals surface area contributed by atoms with Gasteiger partial charge in [0.2, 0.25) is 5.91 Å². The number of hydrogen-bond acceptors (Lipinski definition) is 7. The summed E-state index contributed by atoms with van der Waals surface area (Å²) in [5, 5.41) is 11.3. The summed E-state index contributed by atoms with van der Waals surface area (Å²) >= 11 is 0. The first kappa shape index (κ1) is 13.9. The number of phosphoric acid groups is 1. The van der Waals surface area contributed by atoms with E-state index >= 15 is 0 Å². The molecule has 5 unspecified atom stereocenters. The highest BCUT2D eigenvalue weighted by atomic mass is 31.2. The second-order valence-electron chi connectivity index (χ2n) is 4.65. The van der Waals surface area contributed by atoms with E-state index in [0.717, 1.165) is 0 Å². The number of hydrogen-bond donors (Lipinski definition) is 3. The Morgan fingerprint density at radius 3 is 2.70 bits per heavy atom. The molecule has 11 heteroatoms. The van der Waals surface area contributed by atoms with E-state index in [-0.39, 0.29) is 13.0 Å². The first-order valence-corrected chi connectivity index (χ1v) is 7.47. The average molecular weight is 308 g/mol. The van der Waals surface area contributed by atoms with E-state index in [0.29, 0.717) is 0 Å². The molecule has 3 saturated heterocycles. The van der Waals surface area contributed by atoms with Crippen molar-refractivity contribution < 1.29 is 37.9 Å². The van der Waals surface area contributed by atoms with Crippen LogP contribution in [0.4, 0.5) is 4.79 Å². The predicted octanol–water partition coefficient (Wildman–Crippen LogP) is -1.47. The number of carbonyl (C=O) groups is 2. The number of nitrogens with one attached hydrogen (secondary N) is 1. The molecule has 3 fully saturated rings. The smallest absolute Gasteiger partial charge is 0.394 e. The summed E-state index contributed by atoms with van der Waals surface area (Å²) < 4.78 is 26.6. The SMILES string of the molecule is O=C1CCN(C2OC(CO)C3OP(=O)(O)OC32)C(=O)N1. The number of imide groups is 1. The first-order valence-electron chi connectivity index (χ1n) is 5.97. The fourth-order valence-electron chi connectivity index (χ4n) is 2.50. The van der Waals surface area contributed by atoms with Crippen LogP contribution in [0.3, 0.4) is 0 Å². The molecule has 0 aromatic heterocycles. The molecule has 0 aliphatic carbocycles. The fourth-order valence-corrected chi connectivity index (χ4v) is 3.64. The van der Waals surface area contributed by atoms with Crippen LogP contribution in [0.1, 0.15) is 6.42 Å². The van der Waals surface area contributed by atoms with Crippen molar-refractivity contribution in [3.63, 3.8) is 0 Å². The number of rotatable bonds is 2. The van der Waals surface area contributed by atoms with Gasteiger partial charge in [-0.25, -0.2) is 9.36 Å². The van der Waals surface area contributed by atoms with Crippen molar-refractivity contribution in [2.75, 3.05) is 13.2 Å². The minimum absolute atomic E-state index is 0.0877. The number of amides is 3. The number of fused-ring (bicyclic) bond motifs is 1. The summed E-state index contributed by atoms with van der Waals surface area (Å²) in [6.07, 6.45) is -3.70. The Hall–Kier alpha value is -1.03. The topological polar surface area (TPSA) is 135 Å². The molecular weight excluding hydrogens is 295 g/mol. The Bertz CT molecular complexity index is 498. The van der Waals surface area contributed by atoms with Crippen LogP contribution >= 0.6 is 7.82 Å². The van der Waals surface area contributed by atoms with Crippen molar-refractivity contribution in [3.8, 4) is 0 Å². The molecule has 0 spiro atoms. The van der Waals surface area contributed by atoms with Gasteiger partial charge in [-0.2, -0.15) is 0 Å². The third-order valence-corrected chi connectivity index (χ3v) is 4.39. The van der Waals surface area contributed by atoms with Crippen LogP contribution in [-0.4, -0.2) is 64.5 Å². The number of nitrogens with zero attached hydrogens (tertiary/aromatic N) is 1. The molecule has 3 aliphatic rings. The molecule has 3 heterocycles.